The van der Waals surface area contributed by atoms with Crippen LogP contribution in [0.5, 0.6) is 0 Å². The Labute approximate surface area is 324 Å². The lowest BCUT2D eigenvalue weighted by molar-refractivity contribution is -0.141. The van der Waals surface area contributed by atoms with Gasteiger partial charge in [-0.3, -0.25) is 14.4 Å². The van der Waals surface area contributed by atoms with Crippen LogP contribution in [0.2, 0.25) is 5.02 Å². The first-order chi connectivity index (χ1) is 26.2. The largest absolute Gasteiger partial charge is 0.361 e. The molecule has 282 valence electrons. The highest BCUT2D eigenvalue weighted by atomic mass is 35.5. The first kappa shape index (κ1) is 38.9. The van der Waals surface area contributed by atoms with Crippen molar-refractivity contribution in [2.75, 3.05) is 20.1 Å². The minimum Gasteiger partial charge on any atom is -0.361 e. The molecule has 3 atom stereocenters. The van der Waals surface area contributed by atoms with E-state index in [0.717, 1.165) is 49.2 Å². The Morgan fingerprint density at radius 2 is 1.72 bits per heavy atom. The number of H-pyrrole nitrogens is 1. The van der Waals surface area contributed by atoms with Crippen molar-refractivity contribution >= 4 is 52.0 Å². The zero-order valence-electron chi connectivity index (χ0n) is 30.1. The van der Waals surface area contributed by atoms with Crippen LogP contribution in [0.1, 0.15) is 35.1 Å². The number of pyridine rings is 1. The lowest BCUT2D eigenvalue weighted by atomic mass is 9.98. The van der Waals surface area contributed by atoms with Crippen molar-refractivity contribution < 1.29 is 14.4 Å². The molecule has 12 nitrogen and oxygen atoms in total. The lowest BCUT2D eigenvalue weighted by Gasteiger charge is -2.31. The lowest BCUT2D eigenvalue weighted by Crippen LogP contribution is -2.59. The van der Waals surface area contributed by atoms with Crippen molar-refractivity contribution in [3.63, 3.8) is 0 Å². The zero-order chi connectivity index (χ0) is 38.2. The summed E-state index contributed by atoms with van der Waals surface area (Å²) in [5.74, 6) is -1.26. The Morgan fingerprint density at radius 1 is 0.926 bits per heavy atom. The summed E-state index contributed by atoms with van der Waals surface area (Å²) in [7, 11) is 1.57. The number of amides is 3. The van der Waals surface area contributed by atoms with E-state index in [1.54, 1.807) is 13.2 Å². The molecule has 54 heavy (non-hydrogen) atoms. The number of likely N-dealkylation sites (N-methyl/N-ethyl adjacent to an activating group) is 1. The number of nitrogens with zero attached hydrogens (tertiary/aromatic N) is 2. The third-order valence-electron chi connectivity index (χ3n) is 9.81. The second-order valence-corrected chi connectivity index (χ2v) is 14.7. The van der Waals surface area contributed by atoms with Gasteiger partial charge in [0.25, 0.3) is 0 Å². The molecule has 6 rings (SSSR count). The van der Waals surface area contributed by atoms with Crippen LogP contribution in [0.3, 0.4) is 0 Å². The molecule has 0 bridgehead atoms. The highest BCUT2D eigenvalue weighted by Gasteiger charge is 2.34. The molecule has 0 saturated carbocycles. The third kappa shape index (κ3) is 8.78. The minimum atomic E-state index is -1.08. The summed E-state index contributed by atoms with van der Waals surface area (Å²) in [6, 6.07) is 20.6. The molecule has 3 aromatic carbocycles. The molecule has 0 aliphatic carbocycles. The predicted molar refractivity (Wildman–Crippen MR) is 213 cm³/mol. The van der Waals surface area contributed by atoms with E-state index in [1.807, 2.05) is 79.0 Å². The number of carbonyl (C=O) groups excluding carboxylic acids is 3. The molecule has 3 amide bonds. The molecule has 0 spiro atoms. The summed E-state index contributed by atoms with van der Waals surface area (Å²) in [6.07, 6.45) is 4.77. The molecule has 0 saturated heterocycles. The van der Waals surface area contributed by atoms with Crippen molar-refractivity contribution in [3.05, 3.63) is 112 Å². The van der Waals surface area contributed by atoms with Gasteiger partial charge in [-0.05, 0) is 71.0 Å². The normalized spacial score (nSPS) is 18.8. The van der Waals surface area contributed by atoms with Gasteiger partial charge < -0.3 is 43.0 Å². The number of hydrogen-bond donors (Lipinski definition) is 7. The van der Waals surface area contributed by atoms with Gasteiger partial charge in [-0.2, -0.15) is 0 Å². The molecule has 1 aliphatic rings. The average molecular weight is 768 g/mol. The first-order valence-electron chi connectivity index (χ1n) is 18.0. The summed E-state index contributed by atoms with van der Waals surface area (Å²) >= 11 is 8.39. The maximum absolute atomic E-state index is 14.5. The number of rotatable bonds is 8. The fourth-order valence-corrected chi connectivity index (χ4v) is 8.05. The van der Waals surface area contributed by atoms with Crippen LogP contribution in [-0.4, -0.2) is 70.9 Å². The van der Waals surface area contributed by atoms with E-state index in [0.29, 0.717) is 42.5 Å². The van der Waals surface area contributed by atoms with E-state index in [1.165, 1.54) is 16.7 Å². The molecule has 5 aromatic rings. The highest BCUT2D eigenvalue weighted by Crippen LogP contribution is 2.41. The van der Waals surface area contributed by atoms with Crippen LogP contribution in [-0.2, 0) is 40.4 Å². The number of nitrogens with one attached hydrogen (secondary N) is 4. The summed E-state index contributed by atoms with van der Waals surface area (Å²) in [5, 5.41) is 11.5. The SMILES string of the molecule is CN1C(=O)[C@H](CN)NC(=O)[C@H](CCCN)NCc2cccnc2Sc2c(Cl)ccc(-c3ccc(CN)cc3)c2CNC(=O)[C@@H]1Cc1c[nH]c2ccccc12. The summed E-state index contributed by atoms with van der Waals surface area (Å²) in [6.45, 7) is 1.03. The summed E-state index contributed by atoms with van der Waals surface area (Å²) < 4.78 is 0. The van der Waals surface area contributed by atoms with E-state index in [-0.39, 0.29) is 31.3 Å². The molecule has 0 radical (unpaired) electrons. The van der Waals surface area contributed by atoms with Crippen molar-refractivity contribution in [2.24, 2.45) is 17.2 Å². The molecule has 0 fully saturated rings. The van der Waals surface area contributed by atoms with Crippen LogP contribution >= 0.6 is 23.4 Å². The number of aromatic nitrogens is 2. The van der Waals surface area contributed by atoms with Gasteiger partial charge in [0.2, 0.25) is 17.7 Å². The number of aromatic amines is 1. The zero-order valence-corrected chi connectivity index (χ0v) is 31.7. The molecule has 2 aromatic heterocycles. The van der Waals surface area contributed by atoms with Gasteiger partial charge in [0.15, 0.2) is 0 Å². The quantitative estimate of drug-likeness (QED) is 0.123. The van der Waals surface area contributed by atoms with Crippen LogP contribution in [0, 0.1) is 0 Å². The van der Waals surface area contributed by atoms with Gasteiger partial charge in [-0.15, -0.1) is 0 Å². The predicted octanol–water partition coefficient (Wildman–Crippen LogP) is 3.83. The van der Waals surface area contributed by atoms with E-state index in [4.69, 9.17) is 33.8 Å². The van der Waals surface area contributed by atoms with Crippen molar-refractivity contribution in [3.8, 4) is 11.1 Å². The van der Waals surface area contributed by atoms with Crippen LogP contribution in [0.4, 0.5) is 0 Å². The topological polar surface area (TPSA) is 197 Å². The second-order valence-electron chi connectivity index (χ2n) is 13.3. The molecular formula is C40H46ClN9O3S. The van der Waals surface area contributed by atoms with Gasteiger partial charge in [-0.25, -0.2) is 4.98 Å². The summed E-state index contributed by atoms with van der Waals surface area (Å²) in [4.78, 5) is 52.6. The number of hydrogen-bond acceptors (Lipinski definition) is 9. The van der Waals surface area contributed by atoms with Crippen LogP contribution < -0.4 is 33.2 Å². The second kappa shape index (κ2) is 18.0. The number of nitrogens with two attached hydrogens (primary N) is 3. The first-order valence-corrected chi connectivity index (χ1v) is 19.2. The van der Waals surface area contributed by atoms with Gasteiger partial charge in [0, 0.05) is 67.8 Å². The number of para-hydroxylation sites is 1. The third-order valence-corrected chi connectivity index (χ3v) is 11.5. The maximum Gasteiger partial charge on any atom is 0.246 e. The Hall–Kier alpha value is -4.76. The van der Waals surface area contributed by atoms with Crippen LogP contribution in [0.25, 0.3) is 22.0 Å². The van der Waals surface area contributed by atoms with E-state index in [2.05, 4.69) is 20.9 Å². The van der Waals surface area contributed by atoms with E-state index < -0.39 is 24.0 Å². The van der Waals surface area contributed by atoms with Crippen molar-refractivity contribution in [1.82, 2.24) is 30.8 Å². The van der Waals surface area contributed by atoms with Gasteiger partial charge in [0.05, 0.1) is 11.1 Å². The Bertz CT molecular complexity index is 2110. The minimum absolute atomic E-state index is 0.0980. The van der Waals surface area contributed by atoms with Crippen molar-refractivity contribution in [2.45, 2.75) is 66.9 Å². The fraction of sp³-hybridized carbons (Fsp3) is 0.300. The molecule has 14 heteroatoms. The van der Waals surface area contributed by atoms with Crippen molar-refractivity contribution in [1.29, 1.82) is 0 Å². The smallest absolute Gasteiger partial charge is 0.246 e. The number of halogens is 1. The fourth-order valence-electron chi connectivity index (χ4n) is 6.70. The van der Waals surface area contributed by atoms with Gasteiger partial charge in [0.1, 0.15) is 17.1 Å². The van der Waals surface area contributed by atoms with Gasteiger partial charge >= 0.3 is 0 Å². The Kier molecular flexibility index (Phi) is 13.0. The van der Waals surface area contributed by atoms with Gasteiger partial charge in [-0.1, -0.05) is 78.0 Å². The monoisotopic (exact) mass is 767 g/mol. The Balaban J connectivity index is 1.47. The molecule has 1 aliphatic heterocycles. The standard InChI is InChI=1S/C40H46ClN9O3S/c1-50-35(18-27-22-46-32-8-3-2-7-29(27)32)38(52)48-23-30-28(25-12-10-24(19-43)11-13-25)14-15-31(41)36(30)54-39-26(6-5-17-45-39)21-47-33(9-4-16-42)37(51)49-34(20-44)40(50)53/h2-3,5-8,10-15,17,22,33-35,46-47H,4,9,16,18-21,23,42-44H2,1H3,(H,48,52)(H,49,51)/t33-,34-,35-/m0/s1. The number of carbonyl (C=O) groups is 3. The molecule has 10 N–H and O–H groups in total. The highest BCUT2D eigenvalue weighted by molar-refractivity contribution is 7.99. The average Bonchev–Trinajstić information content (AvgIpc) is 3.61. The van der Waals surface area contributed by atoms with E-state index >= 15 is 0 Å². The Morgan fingerprint density at radius 3 is 2.48 bits per heavy atom. The molecule has 3 heterocycles. The number of benzene rings is 3. The van der Waals surface area contributed by atoms with Crippen LogP contribution in [0.15, 0.2) is 95.1 Å². The molecular weight excluding hydrogens is 722 g/mol. The molecule has 0 unspecified atom stereocenters. The maximum atomic E-state index is 14.5. The summed E-state index contributed by atoms with van der Waals surface area (Å²) in [5.41, 5.74) is 24.1. The number of fused-ring (bicyclic) bond motifs is 3. The van der Waals surface area contributed by atoms with E-state index in [9.17, 15) is 14.4 Å².